The summed E-state index contributed by atoms with van der Waals surface area (Å²) in [6.07, 6.45) is 2.54. The first-order valence-corrected chi connectivity index (χ1v) is 4.34. The summed E-state index contributed by atoms with van der Waals surface area (Å²) in [6.45, 7) is 0. The van der Waals surface area contributed by atoms with E-state index in [4.69, 9.17) is 11.5 Å². The number of carbonyl (C=O) groups excluding carboxylic acids is 1. The summed E-state index contributed by atoms with van der Waals surface area (Å²) in [5.41, 5.74) is 10.7. The van der Waals surface area contributed by atoms with Gasteiger partial charge in [-0.3, -0.25) is 4.79 Å². The molecule has 1 aliphatic rings. The van der Waals surface area contributed by atoms with Crippen molar-refractivity contribution in [2.75, 3.05) is 0 Å². The van der Waals surface area contributed by atoms with Gasteiger partial charge in [-0.1, -0.05) is 6.42 Å². The molecular weight excluding hydrogens is 156 g/mol. The van der Waals surface area contributed by atoms with E-state index in [-0.39, 0.29) is 12.0 Å². The highest BCUT2D eigenvalue weighted by Gasteiger charge is 2.28. The van der Waals surface area contributed by atoms with E-state index in [1.165, 1.54) is 0 Å². The first-order chi connectivity index (χ1) is 5.61. The fourth-order valence-corrected chi connectivity index (χ4v) is 1.79. The first kappa shape index (κ1) is 9.48. The molecule has 1 rings (SSSR count). The SMILES string of the molecule is NC(=O)[C@H](O)[C@H]1CCC[C@@H](N)C1. The molecule has 4 nitrogen and oxygen atoms in total. The van der Waals surface area contributed by atoms with Gasteiger partial charge in [-0.25, -0.2) is 0 Å². The average molecular weight is 172 g/mol. The summed E-state index contributed by atoms with van der Waals surface area (Å²) < 4.78 is 0. The average Bonchev–Trinajstić information content (AvgIpc) is 2.03. The number of amides is 1. The van der Waals surface area contributed by atoms with E-state index >= 15 is 0 Å². The molecule has 0 bridgehead atoms. The molecule has 0 aromatic heterocycles. The van der Waals surface area contributed by atoms with Crippen LogP contribution < -0.4 is 11.5 Å². The Morgan fingerprint density at radius 1 is 1.50 bits per heavy atom. The van der Waals surface area contributed by atoms with E-state index in [0.29, 0.717) is 6.42 Å². The number of nitrogens with two attached hydrogens (primary N) is 2. The van der Waals surface area contributed by atoms with Gasteiger partial charge in [0.2, 0.25) is 5.91 Å². The Hall–Kier alpha value is -0.610. The number of hydrogen-bond donors (Lipinski definition) is 3. The van der Waals surface area contributed by atoms with E-state index in [9.17, 15) is 9.90 Å². The molecule has 1 saturated carbocycles. The Morgan fingerprint density at radius 2 is 2.17 bits per heavy atom. The monoisotopic (exact) mass is 172 g/mol. The zero-order valence-corrected chi connectivity index (χ0v) is 7.07. The molecule has 1 fully saturated rings. The molecule has 0 spiro atoms. The van der Waals surface area contributed by atoms with Crippen LogP contribution in [0, 0.1) is 5.92 Å². The van der Waals surface area contributed by atoms with Crippen molar-refractivity contribution in [1.29, 1.82) is 0 Å². The maximum atomic E-state index is 10.6. The number of hydrogen-bond acceptors (Lipinski definition) is 3. The van der Waals surface area contributed by atoms with Gasteiger partial charge in [-0.15, -0.1) is 0 Å². The maximum Gasteiger partial charge on any atom is 0.246 e. The molecule has 0 aromatic carbocycles. The molecule has 3 atom stereocenters. The molecule has 0 saturated heterocycles. The predicted molar refractivity (Wildman–Crippen MR) is 45.1 cm³/mol. The second kappa shape index (κ2) is 3.87. The molecular formula is C8H16N2O2. The van der Waals surface area contributed by atoms with Crippen molar-refractivity contribution in [1.82, 2.24) is 0 Å². The molecule has 0 unspecified atom stereocenters. The van der Waals surface area contributed by atoms with Gasteiger partial charge in [0.25, 0.3) is 0 Å². The molecule has 12 heavy (non-hydrogen) atoms. The van der Waals surface area contributed by atoms with Crippen LogP contribution in [-0.4, -0.2) is 23.2 Å². The third kappa shape index (κ3) is 2.19. The molecule has 4 heteroatoms. The van der Waals surface area contributed by atoms with E-state index in [0.717, 1.165) is 19.3 Å². The lowest BCUT2D eigenvalue weighted by Gasteiger charge is -2.28. The van der Waals surface area contributed by atoms with Crippen LogP contribution in [0.2, 0.25) is 0 Å². The minimum Gasteiger partial charge on any atom is -0.383 e. The van der Waals surface area contributed by atoms with E-state index in [2.05, 4.69) is 0 Å². The third-order valence-electron chi connectivity index (χ3n) is 2.49. The summed E-state index contributed by atoms with van der Waals surface area (Å²) in [7, 11) is 0. The second-order valence-corrected chi connectivity index (χ2v) is 3.53. The van der Waals surface area contributed by atoms with Crippen molar-refractivity contribution in [2.45, 2.75) is 37.8 Å². The number of aliphatic hydroxyl groups is 1. The number of aliphatic hydroxyl groups excluding tert-OH is 1. The van der Waals surface area contributed by atoms with E-state index in [1.54, 1.807) is 0 Å². The minimum absolute atomic E-state index is 0.0220. The molecule has 70 valence electrons. The summed E-state index contributed by atoms with van der Waals surface area (Å²) in [4.78, 5) is 10.6. The van der Waals surface area contributed by atoms with Gasteiger partial charge in [0.15, 0.2) is 0 Å². The summed E-state index contributed by atoms with van der Waals surface area (Å²) in [6, 6.07) is 0.123. The van der Waals surface area contributed by atoms with Gasteiger partial charge in [-0.05, 0) is 25.2 Å². The first-order valence-electron chi connectivity index (χ1n) is 4.34. The zero-order valence-electron chi connectivity index (χ0n) is 7.07. The van der Waals surface area contributed by atoms with Crippen LogP contribution in [0.1, 0.15) is 25.7 Å². The van der Waals surface area contributed by atoms with Crippen molar-refractivity contribution in [3.8, 4) is 0 Å². The van der Waals surface area contributed by atoms with Crippen LogP contribution in [0.5, 0.6) is 0 Å². The van der Waals surface area contributed by atoms with Crippen molar-refractivity contribution >= 4 is 5.91 Å². The fraction of sp³-hybridized carbons (Fsp3) is 0.875. The topological polar surface area (TPSA) is 89.3 Å². The van der Waals surface area contributed by atoms with Crippen LogP contribution in [0.3, 0.4) is 0 Å². The number of primary amides is 1. The Balaban J connectivity index is 2.45. The van der Waals surface area contributed by atoms with Gasteiger partial charge >= 0.3 is 0 Å². The van der Waals surface area contributed by atoms with Crippen LogP contribution in [0.15, 0.2) is 0 Å². The molecule has 0 aromatic rings. The highest BCUT2D eigenvalue weighted by atomic mass is 16.3. The molecule has 5 N–H and O–H groups in total. The maximum absolute atomic E-state index is 10.6. The normalized spacial score (nSPS) is 32.8. The van der Waals surface area contributed by atoms with E-state index < -0.39 is 12.0 Å². The Bertz CT molecular complexity index is 172. The van der Waals surface area contributed by atoms with Crippen molar-refractivity contribution < 1.29 is 9.90 Å². The Morgan fingerprint density at radius 3 is 2.67 bits per heavy atom. The molecule has 0 aliphatic heterocycles. The van der Waals surface area contributed by atoms with Crippen molar-refractivity contribution in [3.05, 3.63) is 0 Å². The van der Waals surface area contributed by atoms with Crippen LogP contribution in [0.4, 0.5) is 0 Å². The summed E-state index contributed by atoms with van der Waals surface area (Å²) >= 11 is 0. The van der Waals surface area contributed by atoms with Gasteiger partial charge in [0.05, 0.1) is 0 Å². The van der Waals surface area contributed by atoms with Gasteiger partial charge < -0.3 is 16.6 Å². The molecule has 0 radical (unpaired) electrons. The standard InChI is InChI=1S/C8H16N2O2/c9-6-3-1-2-5(4-6)7(11)8(10)12/h5-7,11H,1-4,9H2,(H2,10,12)/t5-,6+,7+/m0/s1. The fourth-order valence-electron chi connectivity index (χ4n) is 1.79. The zero-order chi connectivity index (χ0) is 9.14. The number of rotatable bonds is 2. The summed E-state index contributed by atoms with van der Waals surface area (Å²) in [5.74, 6) is -0.652. The Labute approximate surface area is 71.9 Å². The largest absolute Gasteiger partial charge is 0.383 e. The van der Waals surface area contributed by atoms with E-state index in [1.807, 2.05) is 0 Å². The predicted octanol–water partition coefficient (Wildman–Crippen LogP) is -0.650. The highest BCUT2D eigenvalue weighted by molar-refractivity contribution is 5.78. The van der Waals surface area contributed by atoms with Gasteiger partial charge in [-0.2, -0.15) is 0 Å². The molecule has 0 heterocycles. The lowest BCUT2D eigenvalue weighted by molar-refractivity contribution is -0.129. The van der Waals surface area contributed by atoms with Crippen LogP contribution >= 0.6 is 0 Å². The Kier molecular flexibility index (Phi) is 3.05. The quantitative estimate of drug-likeness (QED) is 0.517. The summed E-state index contributed by atoms with van der Waals surface area (Å²) in [5, 5.41) is 9.34. The lowest BCUT2D eigenvalue weighted by atomic mass is 9.82. The second-order valence-electron chi connectivity index (χ2n) is 3.53. The number of carbonyl (C=O) groups is 1. The van der Waals surface area contributed by atoms with Crippen LogP contribution in [0.25, 0.3) is 0 Å². The van der Waals surface area contributed by atoms with Crippen molar-refractivity contribution in [3.63, 3.8) is 0 Å². The van der Waals surface area contributed by atoms with Crippen LogP contribution in [-0.2, 0) is 4.79 Å². The minimum atomic E-state index is -1.00. The van der Waals surface area contributed by atoms with Gasteiger partial charge in [0.1, 0.15) is 6.10 Å². The highest BCUT2D eigenvalue weighted by Crippen LogP contribution is 2.25. The molecule has 1 amide bonds. The van der Waals surface area contributed by atoms with Gasteiger partial charge in [0, 0.05) is 6.04 Å². The smallest absolute Gasteiger partial charge is 0.246 e. The third-order valence-corrected chi connectivity index (χ3v) is 2.49. The van der Waals surface area contributed by atoms with Crippen molar-refractivity contribution in [2.24, 2.45) is 17.4 Å². The molecule has 1 aliphatic carbocycles. The lowest BCUT2D eigenvalue weighted by Crippen LogP contribution is -2.40.